The van der Waals surface area contributed by atoms with Crippen molar-refractivity contribution in [2.75, 3.05) is 19.6 Å². The van der Waals surface area contributed by atoms with Crippen LogP contribution in [0.15, 0.2) is 0 Å². The number of hydrogen-bond donors (Lipinski definition) is 1. The van der Waals surface area contributed by atoms with Crippen LogP contribution in [0.25, 0.3) is 0 Å². The lowest BCUT2D eigenvalue weighted by molar-refractivity contribution is -0.138. The van der Waals surface area contributed by atoms with Crippen molar-refractivity contribution in [1.29, 1.82) is 0 Å². The van der Waals surface area contributed by atoms with Gasteiger partial charge in [0.05, 0.1) is 6.54 Å². The van der Waals surface area contributed by atoms with Gasteiger partial charge in [-0.25, -0.2) is 0 Å². The molecule has 0 aromatic heterocycles. The minimum absolute atomic E-state index is 0.194. The van der Waals surface area contributed by atoms with Crippen molar-refractivity contribution in [2.45, 2.75) is 46.0 Å². The zero-order chi connectivity index (χ0) is 10.8. The molecule has 0 atom stereocenters. The molecule has 0 aromatic rings. The van der Waals surface area contributed by atoms with Crippen molar-refractivity contribution in [1.82, 2.24) is 4.90 Å². The fourth-order valence-electron chi connectivity index (χ4n) is 1.54. The highest BCUT2D eigenvalue weighted by molar-refractivity contribution is 5.69. The lowest BCUT2D eigenvalue weighted by Crippen LogP contribution is -2.31. The number of rotatable bonds is 9. The molecular weight excluding hydrogens is 178 g/mol. The normalized spacial score (nSPS) is 10.8. The molecule has 14 heavy (non-hydrogen) atoms. The van der Waals surface area contributed by atoms with Gasteiger partial charge in [-0.1, -0.05) is 33.1 Å². The van der Waals surface area contributed by atoms with E-state index in [0.29, 0.717) is 0 Å². The molecule has 0 saturated carbocycles. The second-order valence-corrected chi connectivity index (χ2v) is 3.73. The maximum atomic E-state index is 10.5. The lowest BCUT2D eigenvalue weighted by atomic mass is 10.2. The fraction of sp³-hybridized carbons (Fsp3) is 0.909. The Morgan fingerprint density at radius 3 is 2.29 bits per heavy atom. The van der Waals surface area contributed by atoms with Crippen molar-refractivity contribution in [3.63, 3.8) is 0 Å². The molecule has 1 N–H and O–H groups in total. The Morgan fingerprint density at radius 1 is 1.07 bits per heavy atom. The Morgan fingerprint density at radius 2 is 1.79 bits per heavy atom. The zero-order valence-electron chi connectivity index (χ0n) is 9.46. The zero-order valence-corrected chi connectivity index (χ0v) is 9.46. The number of hydrogen-bond acceptors (Lipinski definition) is 2. The molecule has 0 unspecified atom stereocenters. The lowest BCUT2D eigenvalue weighted by Gasteiger charge is -2.18. The maximum Gasteiger partial charge on any atom is 0.317 e. The van der Waals surface area contributed by atoms with Crippen molar-refractivity contribution in [2.24, 2.45) is 0 Å². The van der Waals surface area contributed by atoms with E-state index < -0.39 is 5.97 Å². The van der Waals surface area contributed by atoms with Crippen LogP contribution in [-0.4, -0.2) is 35.6 Å². The van der Waals surface area contributed by atoms with Crippen LogP contribution < -0.4 is 0 Å². The van der Waals surface area contributed by atoms with Gasteiger partial charge in [0.2, 0.25) is 0 Å². The van der Waals surface area contributed by atoms with Crippen molar-refractivity contribution in [3.05, 3.63) is 0 Å². The Labute approximate surface area is 87.1 Å². The molecule has 0 bridgehead atoms. The molecule has 0 aromatic carbocycles. The summed E-state index contributed by atoms with van der Waals surface area (Å²) in [6.07, 6.45) is 5.86. The van der Waals surface area contributed by atoms with Crippen LogP contribution in [0.4, 0.5) is 0 Å². The molecule has 0 saturated heterocycles. The first-order valence-corrected chi connectivity index (χ1v) is 5.64. The summed E-state index contributed by atoms with van der Waals surface area (Å²) >= 11 is 0. The van der Waals surface area contributed by atoms with Gasteiger partial charge in [-0.05, 0) is 25.9 Å². The summed E-state index contributed by atoms with van der Waals surface area (Å²) in [7, 11) is 0. The van der Waals surface area contributed by atoms with Gasteiger partial charge >= 0.3 is 5.97 Å². The molecule has 0 spiro atoms. The molecule has 0 fully saturated rings. The molecule has 0 aliphatic heterocycles. The molecular formula is C11H23NO2. The van der Waals surface area contributed by atoms with Crippen molar-refractivity contribution < 1.29 is 9.90 Å². The molecule has 0 radical (unpaired) electrons. The SMILES string of the molecule is CCCCCCN(CCC)CC(=O)O. The summed E-state index contributed by atoms with van der Waals surface area (Å²) in [5.74, 6) is -0.714. The second-order valence-electron chi connectivity index (χ2n) is 3.73. The molecule has 0 aliphatic carbocycles. The van der Waals surface area contributed by atoms with Gasteiger partial charge in [0, 0.05) is 0 Å². The number of carbonyl (C=O) groups is 1. The van der Waals surface area contributed by atoms with Crippen LogP contribution >= 0.6 is 0 Å². The quantitative estimate of drug-likeness (QED) is 0.582. The molecule has 0 rings (SSSR count). The topological polar surface area (TPSA) is 40.5 Å². The van der Waals surface area contributed by atoms with E-state index in [1.165, 1.54) is 19.3 Å². The number of carboxylic acids is 1. The van der Waals surface area contributed by atoms with Crippen LogP contribution in [-0.2, 0) is 4.79 Å². The average molecular weight is 201 g/mol. The van der Waals surface area contributed by atoms with E-state index in [1.54, 1.807) is 0 Å². The van der Waals surface area contributed by atoms with Crippen LogP contribution in [0.2, 0.25) is 0 Å². The Kier molecular flexibility index (Phi) is 8.64. The number of nitrogens with zero attached hydrogens (tertiary/aromatic N) is 1. The van der Waals surface area contributed by atoms with E-state index in [0.717, 1.165) is 25.9 Å². The first kappa shape index (κ1) is 13.4. The van der Waals surface area contributed by atoms with E-state index in [2.05, 4.69) is 13.8 Å². The van der Waals surface area contributed by atoms with Gasteiger partial charge in [0.1, 0.15) is 0 Å². The first-order valence-electron chi connectivity index (χ1n) is 5.64. The minimum atomic E-state index is -0.714. The maximum absolute atomic E-state index is 10.5. The largest absolute Gasteiger partial charge is 0.480 e. The monoisotopic (exact) mass is 201 g/mol. The van der Waals surface area contributed by atoms with Crippen molar-refractivity contribution >= 4 is 5.97 Å². The van der Waals surface area contributed by atoms with Gasteiger partial charge in [-0.15, -0.1) is 0 Å². The summed E-state index contributed by atoms with van der Waals surface area (Å²) in [5, 5.41) is 8.67. The predicted octanol–water partition coefficient (Wildman–Crippen LogP) is 2.36. The fourth-order valence-corrected chi connectivity index (χ4v) is 1.54. The Hall–Kier alpha value is -0.570. The molecule has 0 amide bonds. The third kappa shape index (κ3) is 8.05. The number of aliphatic carboxylic acids is 1. The van der Waals surface area contributed by atoms with E-state index >= 15 is 0 Å². The molecule has 84 valence electrons. The summed E-state index contributed by atoms with van der Waals surface area (Å²) in [6.45, 7) is 6.29. The molecule has 0 heterocycles. The third-order valence-electron chi connectivity index (χ3n) is 2.23. The van der Waals surface area contributed by atoms with Gasteiger partial charge in [-0.2, -0.15) is 0 Å². The van der Waals surface area contributed by atoms with E-state index in [1.807, 2.05) is 4.90 Å². The average Bonchev–Trinajstić information content (AvgIpc) is 2.12. The Balaban J connectivity index is 3.56. The predicted molar refractivity (Wildman–Crippen MR) is 58.5 cm³/mol. The molecule has 3 heteroatoms. The summed E-state index contributed by atoms with van der Waals surface area (Å²) in [4.78, 5) is 12.6. The van der Waals surface area contributed by atoms with Gasteiger partial charge in [0.15, 0.2) is 0 Å². The van der Waals surface area contributed by atoms with Crippen LogP contribution in [0.3, 0.4) is 0 Å². The molecule has 0 aliphatic rings. The smallest absolute Gasteiger partial charge is 0.317 e. The highest BCUT2D eigenvalue weighted by Crippen LogP contribution is 2.01. The second kappa shape index (κ2) is 9.00. The van der Waals surface area contributed by atoms with E-state index in [-0.39, 0.29) is 6.54 Å². The minimum Gasteiger partial charge on any atom is -0.480 e. The van der Waals surface area contributed by atoms with Gasteiger partial charge in [-0.3, -0.25) is 9.69 Å². The highest BCUT2D eigenvalue weighted by Gasteiger charge is 2.07. The van der Waals surface area contributed by atoms with E-state index in [4.69, 9.17) is 5.11 Å². The molecule has 3 nitrogen and oxygen atoms in total. The van der Waals surface area contributed by atoms with Gasteiger partial charge < -0.3 is 5.11 Å². The summed E-state index contributed by atoms with van der Waals surface area (Å²) < 4.78 is 0. The van der Waals surface area contributed by atoms with Crippen LogP contribution in [0, 0.1) is 0 Å². The van der Waals surface area contributed by atoms with Crippen LogP contribution in [0.1, 0.15) is 46.0 Å². The third-order valence-corrected chi connectivity index (χ3v) is 2.23. The first-order chi connectivity index (χ1) is 6.70. The standard InChI is InChI=1S/C11H23NO2/c1-3-5-6-7-9-12(8-4-2)10-11(13)14/h3-10H2,1-2H3,(H,13,14). The Bertz CT molecular complexity index is 148. The van der Waals surface area contributed by atoms with Crippen LogP contribution in [0.5, 0.6) is 0 Å². The number of unbranched alkanes of at least 4 members (excludes halogenated alkanes) is 3. The summed E-state index contributed by atoms with van der Waals surface area (Å²) in [6, 6.07) is 0. The van der Waals surface area contributed by atoms with Crippen molar-refractivity contribution in [3.8, 4) is 0 Å². The summed E-state index contributed by atoms with van der Waals surface area (Å²) in [5.41, 5.74) is 0. The van der Waals surface area contributed by atoms with E-state index in [9.17, 15) is 4.79 Å². The highest BCUT2D eigenvalue weighted by atomic mass is 16.4. The van der Waals surface area contributed by atoms with Gasteiger partial charge in [0.25, 0.3) is 0 Å². The number of carboxylic acid groups (broad SMARTS) is 1.